The zero-order chi connectivity index (χ0) is 107. The van der Waals surface area contributed by atoms with E-state index in [9.17, 15) is 77.0 Å². The molecule has 17 amide bonds. The van der Waals surface area contributed by atoms with Crippen LogP contribution >= 0.6 is 50.5 Å². The first-order valence-electron chi connectivity index (χ1n) is 45.7. The summed E-state index contributed by atoms with van der Waals surface area (Å²) in [6.07, 6.45) is -0.788. The van der Waals surface area contributed by atoms with E-state index in [-0.39, 0.29) is 140 Å². The van der Waals surface area contributed by atoms with Crippen LogP contribution in [0, 0.1) is 44.8 Å². The molecule has 53 nitrogen and oxygen atoms in total. The second-order valence-electron chi connectivity index (χ2n) is 33.7. The van der Waals surface area contributed by atoms with Crippen LogP contribution in [0.1, 0.15) is 130 Å². The molecule has 0 saturated heterocycles. The van der Waals surface area contributed by atoms with Gasteiger partial charge in [0.25, 0.3) is 0 Å². The number of carbonyl (C=O) groups excluding carboxylic acids is 17. The zero-order valence-corrected chi connectivity index (χ0v) is 83.7. The van der Waals surface area contributed by atoms with Crippen LogP contribution in [-0.2, 0) is 99.1 Å². The molecule has 2 aromatic rings. The van der Waals surface area contributed by atoms with Crippen molar-refractivity contribution < 1.29 is 96.5 Å². The van der Waals surface area contributed by atoms with Crippen LogP contribution in [0.25, 0.3) is 0 Å². The van der Waals surface area contributed by atoms with Crippen molar-refractivity contribution in [3.63, 3.8) is 0 Å². The summed E-state index contributed by atoms with van der Waals surface area (Å²) in [6.45, 7) is 7.43. The summed E-state index contributed by atoms with van der Waals surface area (Å²) in [5.41, 5.74) is 34.3. The Kier molecular flexibility index (Phi) is 59.3. The number of nitrogens with two attached hydrogens (primary N) is 6. The Morgan fingerprint density at radius 2 is 0.606 bits per heavy atom. The molecule has 15 atom stereocenters. The number of aliphatic carboxylic acids is 1. The highest BCUT2D eigenvalue weighted by molar-refractivity contribution is 7.80. The number of phenols is 1. The number of hydrogen-bond acceptors (Lipinski definition) is 29. The molecule has 0 heterocycles. The molecule has 0 saturated carbocycles. The number of phenolic OH excluding ortho intramolecular Hbond substituents is 1. The third-order valence-electron chi connectivity index (χ3n) is 21.1. The molecule has 41 N–H and O–H groups in total. The van der Waals surface area contributed by atoms with Gasteiger partial charge in [-0.1, -0.05) is 90.4 Å². The van der Waals surface area contributed by atoms with Crippen LogP contribution < -0.4 is 151 Å². The Morgan fingerprint density at radius 1 is 0.317 bits per heavy atom. The summed E-state index contributed by atoms with van der Waals surface area (Å²) < 4.78 is 0. The van der Waals surface area contributed by atoms with Gasteiger partial charge in [-0.05, 0) is 112 Å². The molecule has 57 heteroatoms. The third kappa shape index (κ3) is 51.0. The smallest absolute Gasteiger partial charge is 0.322 e. The quantitative estimate of drug-likeness (QED) is 0.0127. The number of amides is 17. The minimum atomic E-state index is -1.67. The lowest BCUT2D eigenvalue weighted by Gasteiger charge is -2.29. The second kappa shape index (κ2) is 67.7. The first-order valence-corrected chi connectivity index (χ1v) is 48.2. The van der Waals surface area contributed by atoms with E-state index in [1.165, 1.54) is 24.3 Å². The lowest BCUT2D eigenvalue weighted by atomic mass is 9.97. The fourth-order valence-corrected chi connectivity index (χ4v) is 14.3. The number of carbonyl (C=O) groups is 18. The van der Waals surface area contributed by atoms with Gasteiger partial charge in [0.2, 0.25) is 100 Å². The van der Waals surface area contributed by atoms with Crippen molar-refractivity contribution in [1.29, 1.82) is 27.0 Å². The van der Waals surface area contributed by atoms with Crippen molar-refractivity contribution in [2.24, 2.45) is 52.2 Å². The average Bonchev–Trinajstić information content (AvgIpc) is 0.849. The van der Waals surface area contributed by atoms with E-state index in [1.807, 2.05) is 0 Å². The van der Waals surface area contributed by atoms with Crippen molar-refractivity contribution in [2.45, 2.75) is 216 Å². The molecule has 142 heavy (non-hydrogen) atoms. The predicted octanol–water partition coefficient (Wildman–Crippen LogP) is -9.86. The van der Waals surface area contributed by atoms with E-state index < -0.39 is 270 Å². The van der Waals surface area contributed by atoms with Crippen molar-refractivity contribution in [2.75, 3.05) is 81.9 Å². The number of nitrogens with one attached hydrogen (secondary N) is 27. The summed E-state index contributed by atoms with van der Waals surface area (Å²) >= 11 is 17.4. The van der Waals surface area contributed by atoms with E-state index in [0.717, 1.165) is 0 Å². The number of benzene rings is 2. The normalized spacial score (nSPS) is 14.1. The number of aromatic hydroxyl groups is 1. The zero-order valence-electron chi connectivity index (χ0n) is 80.1. The molecule has 0 unspecified atom stereocenters. The van der Waals surface area contributed by atoms with Crippen LogP contribution in [0.3, 0.4) is 0 Å². The third-order valence-corrected chi connectivity index (χ3v) is 22.6. The maximum absolute atomic E-state index is 15.1. The predicted molar refractivity (Wildman–Crippen MR) is 540 cm³/mol. The van der Waals surface area contributed by atoms with Gasteiger partial charge in [0.1, 0.15) is 90.8 Å². The van der Waals surface area contributed by atoms with Gasteiger partial charge in [0.15, 0.2) is 29.8 Å². The van der Waals surface area contributed by atoms with Crippen LogP contribution in [-0.4, -0.2) is 313 Å². The highest BCUT2D eigenvalue weighted by Crippen LogP contribution is 2.17. The highest BCUT2D eigenvalue weighted by Gasteiger charge is 2.40. The summed E-state index contributed by atoms with van der Waals surface area (Å²) in [7, 11) is 0. The van der Waals surface area contributed by atoms with Crippen LogP contribution in [0.5, 0.6) is 5.75 Å². The Morgan fingerprint density at radius 3 is 0.958 bits per heavy atom. The van der Waals surface area contributed by atoms with E-state index in [4.69, 9.17) is 66.6 Å². The SMILES string of the molecule is CC[C@H](C)[C@H](NC(=O)[C@H](CS)NC(=O)[C@H](Cc1ccccc1)NC(=O)[C@H](CCCNC(=N)N)NC(=O)[C@H](CCCNC(=N)N)NC(=O)[C@H](CCCNC(=N)N)NC(=O)[C@H](CS)NC(=O)[C@H](Cc1ccc(O)cc1)NC(=O)[C@H](CS)NC(=O)[C@H](CC(C)C)NC(=O)[C@H](CCCNC(=N)N)NC(=O)CNC(=O)CNC(=O)[C@@H](N)CCCNC(=N)N)C(=O)N[C@@H](CS)C(=O)N[C@H](C(=O)NCC(=O)NCC(=O)O)C(C)C. The fourth-order valence-electron chi connectivity index (χ4n) is 13.2. The largest absolute Gasteiger partial charge is 0.508 e. The van der Waals surface area contributed by atoms with Gasteiger partial charge in [-0.25, -0.2) is 0 Å². The summed E-state index contributed by atoms with van der Waals surface area (Å²) in [5, 5.41) is 113. The number of carboxylic acids is 1. The van der Waals surface area contributed by atoms with Crippen LogP contribution in [0.15, 0.2) is 54.6 Å². The van der Waals surface area contributed by atoms with Gasteiger partial charge in [0.05, 0.1) is 25.7 Å². The Balaban J connectivity index is 2.63. The number of guanidine groups is 5. The molecule has 0 aromatic heterocycles. The molecule has 2 rings (SSSR count). The van der Waals surface area contributed by atoms with E-state index in [1.54, 1.807) is 71.9 Å². The summed E-state index contributed by atoms with van der Waals surface area (Å²) in [4.78, 5) is 250. The van der Waals surface area contributed by atoms with Crippen LogP contribution in [0.4, 0.5) is 0 Å². The monoisotopic (exact) mass is 2070 g/mol. The molecule has 0 fully saturated rings. The van der Waals surface area contributed by atoms with Crippen molar-refractivity contribution in [3.8, 4) is 5.75 Å². The molecule has 0 aliphatic heterocycles. The minimum absolute atomic E-state index is 0.0106. The lowest BCUT2D eigenvalue weighted by Crippen LogP contribution is -2.62. The van der Waals surface area contributed by atoms with Gasteiger partial charge in [-0.3, -0.25) is 113 Å². The summed E-state index contributed by atoms with van der Waals surface area (Å²) in [5.74, 6) is -22.7. The molecular weight excluding hydrogens is 1930 g/mol. The standard InChI is InChI=1S/C85H143N33O20S4/c1-7-45(6)66(80(138)116-60(42-142)77(135)117-65(44(4)5)79(137)105-36-62(121)103-38-64(123)124)118-78(136)59(41-141)115-73(131)55(33-46-16-9-8-10-17-46)111-71(129)53(22-15-31-101-85(95)96)108-69(127)51(20-13-29-99-83(91)92)107-70(128)52(21-14-30-100-84(93)94)109-75(133)57(39-139)114-74(132)56(34-47-23-25-48(119)26-24-47)112-76(134)58(40-140)113-72(130)54(32-43(2)3)110-68(126)50(19-12-28-98-82(89)90)106-63(122)37-102-61(120)35-104-67(125)49(86)18-11-27-97-81(87)88/h8-10,16-17,23-26,43-45,49-60,65-66,119,139-142H,7,11-15,18-22,27-42,86H2,1-6H3,(H,102,120)(H,103,121)(H,104,125)(H,105,137)(H,106,122)(H,107,128)(H,108,127)(H,109,133)(H,110,126)(H,111,129)(H,112,134)(H,113,130)(H,114,132)(H,115,131)(H,116,138)(H,117,135)(H,118,136)(H,123,124)(H4,87,88,97)(H4,89,90,98)(H4,91,92,99)(H4,93,94,100)(H4,95,96,101)/t45-,49-,50-,51-,52-,53-,54-,55-,56-,57-,58-,59-,60-,65-,66-/m0/s1. The number of rotatable bonds is 68. The molecule has 2 aromatic carbocycles. The van der Waals surface area contributed by atoms with Crippen LogP contribution in [0.2, 0.25) is 0 Å². The maximum Gasteiger partial charge on any atom is 0.322 e. The lowest BCUT2D eigenvalue weighted by molar-refractivity contribution is -0.138. The number of hydrogen-bond donors (Lipinski definition) is 39. The molecule has 0 aliphatic rings. The minimum Gasteiger partial charge on any atom is -0.508 e. The summed E-state index contributed by atoms with van der Waals surface area (Å²) in [6, 6.07) is -7.30. The number of carboxylic acid groups (broad SMARTS) is 1. The topological polar surface area (TPSA) is 888 Å². The molecule has 0 aliphatic carbocycles. The van der Waals surface area contributed by atoms with Gasteiger partial charge < -0.3 is 162 Å². The van der Waals surface area contributed by atoms with Crippen molar-refractivity contribution in [1.82, 2.24) is 117 Å². The second-order valence-corrected chi connectivity index (χ2v) is 35.1. The first kappa shape index (κ1) is 124. The number of thiol groups is 4. The maximum atomic E-state index is 15.1. The fraction of sp³-hybridized carbons (Fsp3) is 0.588. The Bertz CT molecular complexity index is 4580. The van der Waals surface area contributed by atoms with Gasteiger partial charge >= 0.3 is 5.97 Å². The molecular formula is C85H143N33O20S4. The van der Waals surface area contributed by atoms with E-state index in [0.29, 0.717) is 17.5 Å². The van der Waals surface area contributed by atoms with Crippen molar-refractivity contribution in [3.05, 3.63) is 65.7 Å². The first-order chi connectivity index (χ1) is 67.1. The highest BCUT2D eigenvalue weighted by atomic mass is 32.1. The van der Waals surface area contributed by atoms with Gasteiger partial charge in [-0.15, -0.1) is 0 Å². The molecule has 792 valence electrons. The Hall–Kier alpha value is -13.6. The molecule has 0 radical (unpaired) electrons. The Labute approximate surface area is 844 Å². The van der Waals surface area contributed by atoms with Gasteiger partial charge in [-0.2, -0.15) is 50.5 Å². The molecule has 0 spiro atoms. The van der Waals surface area contributed by atoms with Crippen molar-refractivity contribution >= 4 is 187 Å². The molecule has 0 bridgehead atoms. The van der Waals surface area contributed by atoms with E-state index >= 15 is 14.4 Å². The average molecular weight is 2080 g/mol. The van der Waals surface area contributed by atoms with E-state index in [2.05, 4.69) is 167 Å². The van der Waals surface area contributed by atoms with Gasteiger partial charge in [0, 0.05) is 68.6 Å².